The van der Waals surface area contributed by atoms with E-state index in [1.165, 1.54) is 0 Å². The third kappa shape index (κ3) is 1.56. The van der Waals surface area contributed by atoms with Crippen molar-refractivity contribution in [3.63, 3.8) is 0 Å². The number of nitrogens with zero attached hydrogens (tertiary/aromatic N) is 3. The third-order valence-electron chi connectivity index (χ3n) is 3.09. The first-order valence-electron chi connectivity index (χ1n) is 5.66. The van der Waals surface area contributed by atoms with Crippen LogP contribution >= 0.6 is 0 Å². The minimum Gasteiger partial charge on any atom is -0.391 e. The normalized spacial score (nSPS) is 18.9. The molecule has 84 valence electrons. The van der Waals surface area contributed by atoms with Crippen molar-refractivity contribution in [3.05, 3.63) is 42.4 Å². The van der Waals surface area contributed by atoms with Crippen LogP contribution in [0.25, 0.3) is 11.0 Å². The number of rotatable bonds is 1. The van der Waals surface area contributed by atoms with Crippen molar-refractivity contribution >= 4 is 11.0 Å². The lowest BCUT2D eigenvalue weighted by atomic mass is 10.1. The van der Waals surface area contributed by atoms with Gasteiger partial charge in [0, 0.05) is 24.3 Å². The van der Waals surface area contributed by atoms with Crippen LogP contribution in [0.4, 0.5) is 0 Å². The molecule has 0 radical (unpaired) electrons. The van der Waals surface area contributed by atoms with Crippen LogP contribution in [0.2, 0.25) is 0 Å². The van der Waals surface area contributed by atoms with Crippen LogP contribution < -0.4 is 5.32 Å². The minimum absolute atomic E-state index is 0.288. The Hall–Kier alpha value is -2.28. The van der Waals surface area contributed by atoms with Gasteiger partial charge in [-0.3, -0.25) is 0 Å². The summed E-state index contributed by atoms with van der Waals surface area (Å²) in [6.07, 6.45) is 8.76. The molecule has 0 amide bonds. The fraction of sp³-hybridized carbons (Fsp3) is 0.231. The Balaban J connectivity index is 2.19. The molecule has 0 fully saturated rings. The summed E-state index contributed by atoms with van der Waals surface area (Å²) in [5, 5.41) is 13.2. The maximum Gasteiger partial charge on any atom is 0.141 e. The van der Waals surface area contributed by atoms with Gasteiger partial charge in [0.05, 0.1) is 11.6 Å². The summed E-state index contributed by atoms with van der Waals surface area (Å²) in [6.45, 7) is 0.954. The predicted octanol–water partition coefficient (Wildman–Crippen LogP) is 1.96. The second-order valence-corrected chi connectivity index (χ2v) is 4.11. The van der Waals surface area contributed by atoms with Crippen LogP contribution in [-0.2, 0) is 0 Å². The Labute approximate surface area is 99.2 Å². The van der Waals surface area contributed by atoms with Gasteiger partial charge in [0.2, 0.25) is 0 Å². The van der Waals surface area contributed by atoms with Gasteiger partial charge >= 0.3 is 0 Å². The van der Waals surface area contributed by atoms with Crippen LogP contribution in [0.5, 0.6) is 0 Å². The van der Waals surface area contributed by atoms with Gasteiger partial charge in [-0.25, -0.2) is 4.98 Å². The summed E-state index contributed by atoms with van der Waals surface area (Å²) >= 11 is 0. The molecule has 0 saturated carbocycles. The summed E-state index contributed by atoms with van der Waals surface area (Å²) in [4.78, 5) is 4.38. The fourth-order valence-corrected chi connectivity index (χ4v) is 2.25. The molecule has 1 unspecified atom stereocenters. The first-order valence-corrected chi connectivity index (χ1v) is 5.66. The Morgan fingerprint density at radius 3 is 3.24 bits per heavy atom. The lowest BCUT2D eigenvalue weighted by Crippen LogP contribution is -2.19. The zero-order chi connectivity index (χ0) is 11.7. The topological polar surface area (TPSA) is 53.6 Å². The first-order chi connectivity index (χ1) is 8.40. The summed E-state index contributed by atoms with van der Waals surface area (Å²) in [5.41, 5.74) is 1.58. The van der Waals surface area contributed by atoms with Crippen LogP contribution in [0.3, 0.4) is 0 Å². The molecule has 0 saturated heterocycles. The molecule has 3 rings (SSSR count). The zero-order valence-electron chi connectivity index (χ0n) is 9.30. The smallest absolute Gasteiger partial charge is 0.141 e. The standard InChI is InChI=1S/C13H12N4/c14-8-10-9-17(11-3-6-15-7-4-11)13-12(10)2-1-5-16-13/h1-3,5-6,9,11,15H,4,7H2. The van der Waals surface area contributed by atoms with Crippen molar-refractivity contribution in [2.75, 3.05) is 6.54 Å². The van der Waals surface area contributed by atoms with Crippen molar-refractivity contribution in [2.45, 2.75) is 12.5 Å². The highest BCUT2D eigenvalue weighted by Crippen LogP contribution is 2.25. The summed E-state index contributed by atoms with van der Waals surface area (Å²) in [6, 6.07) is 6.33. The van der Waals surface area contributed by atoms with E-state index in [1.807, 2.05) is 24.5 Å². The molecule has 2 aromatic rings. The van der Waals surface area contributed by atoms with Crippen LogP contribution in [-0.4, -0.2) is 16.1 Å². The Morgan fingerprint density at radius 1 is 1.53 bits per heavy atom. The quantitative estimate of drug-likeness (QED) is 0.805. The lowest BCUT2D eigenvalue weighted by Gasteiger charge is -2.19. The molecular formula is C13H12N4. The van der Waals surface area contributed by atoms with Crippen LogP contribution in [0.1, 0.15) is 18.0 Å². The highest BCUT2D eigenvalue weighted by Gasteiger charge is 2.16. The highest BCUT2D eigenvalue weighted by atomic mass is 15.1. The zero-order valence-corrected chi connectivity index (χ0v) is 9.30. The summed E-state index contributed by atoms with van der Waals surface area (Å²) in [5.74, 6) is 0. The van der Waals surface area contributed by atoms with Gasteiger partial charge in [-0.15, -0.1) is 0 Å². The molecule has 1 aliphatic rings. The fourth-order valence-electron chi connectivity index (χ4n) is 2.25. The Kier molecular flexibility index (Phi) is 2.30. The maximum absolute atomic E-state index is 9.13. The number of nitrogens with one attached hydrogen (secondary N) is 1. The molecule has 0 spiro atoms. The van der Waals surface area contributed by atoms with Crippen molar-refractivity contribution in [1.82, 2.24) is 14.9 Å². The van der Waals surface area contributed by atoms with Gasteiger partial charge < -0.3 is 9.88 Å². The van der Waals surface area contributed by atoms with E-state index in [2.05, 4.69) is 27.0 Å². The van der Waals surface area contributed by atoms with Crippen molar-refractivity contribution in [2.24, 2.45) is 0 Å². The Bertz CT molecular complexity index is 618. The molecule has 4 nitrogen and oxygen atoms in total. The average molecular weight is 224 g/mol. The maximum atomic E-state index is 9.13. The lowest BCUT2D eigenvalue weighted by molar-refractivity contribution is 0.534. The van der Waals surface area contributed by atoms with E-state index in [4.69, 9.17) is 5.26 Å². The number of fused-ring (bicyclic) bond motifs is 1. The van der Waals surface area contributed by atoms with Gasteiger partial charge in [-0.1, -0.05) is 0 Å². The number of hydrogen-bond acceptors (Lipinski definition) is 3. The average Bonchev–Trinajstić information content (AvgIpc) is 2.78. The largest absolute Gasteiger partial charge is 0.391 e. The van der Waals surface area contributed by atoms with E-state index < -0.39 is 0 Å². The molecular weight excluding hydrogens is 212 g/mol. The van der Waals surface area contributed by atoms with Crippen molar-refractivity contribution in [1.29, 1.82) is 5.26 Å². The molecule has 1 N–H and O–H groups in total. The molecule has 0 aliphatic carbocycles. The van der Waals surface area contributed by atoms with Crippen LogP contribution in [0, 0.1) is 11.3 Å². The number of nitriles is 1. The molecule has 2 aromatic heterocycles. The number of allylic oxidation sites excluding steroid dienone is 1. The van der Waals surface area contributed by atoms with E-state index in [1.54, 1.807) is 6.20 Å². The number of hydrogen-bond donors (Lipinski definition) is 1. The van der Waals surface area contributed by atoms with Crippen molar-refractivity contribution in [3.8, 4) is 6.07 Å². The molecule has 4 heteroatoms. The van der Waals surface area contributed by atoms with E-state index in [-0.39, 0.29) is 6.04 Å². The highest BCUT2D eigenvalue weighted by molar-refractivity contribution is 5.83. The predicted molar refractivity (Wildman–Crippen MR) is 65.2 cm³/mol. The SMILES string of the molecule is N#Cc1cn(C2C=CNCC2)c2ncccc12. The second kappa shape index (κ2) is 3.95. The van der Waals surface area contributed by atoms with Gasteiger partial charge in [0.25, 0.3) is 0 Å². The van der Waals surface area contributed by atoms with E-state index in [9.17, 15) is 0 Å². The Morgan fingerprint density at radius 2 is 2.47 bits per heavy atom. The first kappa shape index (κ1) is 9.91. The monoisotopic (exact) mass is 224 g/mol. The summed E-state index contributed by atoms with van der Waals surface area (Å²) in [7, 11) is 0. The molecule has 1 atom stereocenters. The molecule has 3 heterocycles. The van der Waals surface area contributed by atoms with Crippen LogP contribution in [0.15, 0.2) is 36.8 Å². The molecule has 0 aromatic carbocycles. The number of aromatic nitrogens is 2. The summed E-state index contributed by atoms with van der Waals surface area (Å²) < 4.78 is 2.09. The van der Waals surface area contributed by atoms with E-state index in [0.717, 1.165) is 24.0 Å². The van der Waals surface area contributed by atoms with E-state index >= 15 is 0 Å². The van der Waals surface area contributed by atoms with Gasteiger partial charge in [-0.2, -0.15) is 5.26 Å². The molecule has 17 heavy (non-hydrogen) atoms. The second-order valence-electron chi connectivity index (χ2n) is 4.11. The molecule has 0 bridgehead atoms. The molecule has 1 aliphatic heterocycles. The third-order valence-corrected chi connectivity index (χ3v) is 3.09. The number of pyridine rings is 1. The van der Waals surface area contributed by atoms with E-state index in [0.29, 0.717) is 5.56 Å². The van der Waals surface area contributed by atoms with Crippen molar-refractivity contribution < 1.29 is 0 Å². The van der Waals surface area contributed by atoms with Gasteiger partial charge in [0.15, 0.2) is 0 Å². The van der Waals surface area contributed by atoms with Gasteiger partial charge in [-0.05, 0) is 30.8 Å². The minimum atomic E-state index is 0.288. The van der Waals surface area contributed by atoms with Gasteiger partial charge in [0.1, 0.15) is 11.7 Å².